The zero-order chi connectivity index (χ0) is 17.2. The van der Waals surface area contributed by atoms with Crippen molar-refractivity contribution in [3.63, 3.8) is 0 Å². The Morgan fingerprint density at radius 2 is 1.54 bits per heavy atom. The summed E-state index contributed by atoms with van der Waals surface area (Å²) in [7, 11) is 0. The molecule has 3 heteroatoms. The van der Waals surface area contributed by atoms with Gasteiger partial charge < -0.3 is 9.84 Å². The molecular weight excluding hydrogens is 300 g/mol. The van der Waals surface area contributed by atoms with Crippen LogP contribution in [-0.2, 0) is 9.53 Å². The van der Waals surface area contributed by atoms with Crippen LogP contribution in [0.15, 0.2) is 24.3 Å². The molecule has 1 N–H and O–H groups in total. The number of unbranched alkanes of at least 4 members (excludes halogenated alkanes) is 6. The van der Waals surface area contributed by atoms with E-state index in [1.165, 1.54) is 44.9 Å². The third kappa shape index (κ3) is 6.08. The van der Waals surface area contributed by atoms with Crippen LogP contribution in [0.25, 0.3) is 0 Å². The molecule has 0 aromatic heterocycles. The molecule has 3 nitrogen and oxygen atoms in total. The van der Waals surface area contributed by atoms with Gasteiger partial charge in [-0.25, -0.2) is 0 Å². The van der Waals surface area contributed by atoms with Gasteiger partial charge in [-0.3, -0.25) is 4.79 Å². The van der Waals surface area contributed by atoms with Crippen LogP contribution < -0.4 is 0 Å². The fourth-order valence-corrected chi connectivity index (χ4v) is 3.99. The lowest BCUT2D eigenvalue weighted by Crippen LogP contribution is -2.24. The molecule has 0 spiro atoms. The molecule has 0 aromatic carbocycles. The first kappa shape index (κ1) is 19.2. The highest BCUT2D eigenvalue weighted by Crippen LogP contribution is 2.44. The second-order valence-corrected chi connectivity index (χ2v) is 7.29. The van der Waals surface area contributed by atoms with Crippen molar-refractivity contribution in [2.45, 2.75) is 89.8 Å². The lowest BCUT2D eigenvalue weighted by Gasteiger charge is -2.22. The largest absolute Gasteiger partial charge is 0.481 e. The Hall–Kier alpha value is -1.09. The van der Waals surface area contributed by atoms with Gasteiger partial charge in [0.25, 0.3) is 0 Å². The first-order valence-corrected chi connectivity index (χ1v) is 9.93. The number of rotatable bonds is 12. The molecule has 24 heavy (non-hydrogen) atoms. The van der Waals surface area contributed by atoms with E-state index in [1.807, 2.05) is 0 Å². The SMILES string of the molecule is CCCCCCC=C[C@H]1[C@@H](C=CCCCCC(=O)O)[C@H]2CC[C@@H]1O2. The van der Waals surface area contributed by atoms with Crippen LogP contribution in [0.3, 0.4) is 0 Å². The zero-order valence-corrected chi connectivity index (χ0v) is 15.2. The van der Waals surface area contributed by atoms with Gasteiger partial charge in [-0.15, -0.1) is 0 Å². The van der Waals surface area contributed by atoms with Crippen LogP contribution >= 0.6 is 0 Å². The highest BCUT2D eigenvalue weighted by molar-refractivity contribution is 5.66. The molecule has 2 saturated heterocycles. The van der Waals surface area contributed by atoms with Crippen LogP contribution in [0.2, 0.25) is 0 Å². The van der Waals surface area contributed by atoms with E-state index >= 15 is 0 Å². The molecule has 0 aliphatic carbocycles. The van der Waals surface area contributed by atoms with E-state index in [9.17, 15) is 4.79 Å². The van der Waals surface area contributed by atoms with Crippen LogP contribution in [0.4, 0.5) is 0 Å². The van der Waals surface area contributed by atoms with Gasteiger partial charge >= 0.3 is 5.97 Å². The topological polar surface area (TPSA) is 46.5 Å². The van der Waals surface area contributed by atoms with E-state index < -0.39 is 5.97 Å². The van der Waals surface area contributed by atoms with Crippen molar-refractivity contribution in [2.24, 2.45) is 11.8 Å². The van der Waals surface area contributed by atoms with Gasteiger partial charge in [0.15, 0.2) is 0 Å². The Morgan fingerprint density at radius 1 is 0.958 bits per heavy atom. The molecule has 2 heterocycles. The third-order valence-electron chi connectivity index (χ3n) is 5.34. The minimum Gasteiger partial charge on any atom is -0.481 e. The van der Waals surface area contributed by atoms with Crippen molar-refractivity contribution >= 4 is 5.97 Å². The molecule has 136 valence electrons. The van der Waals surface area contributed by atoms with E-state index in [-0.39, 0.29) is 6.42 Å². The predicted molar refractivity (Wildman–Crippen MR) is 98.0 cm³/mol. The maximum Gasteiger partial charge on any atom is 0.303 e. The van der Waals surface area contributed by atoms with Crippen molar-refractivity contribution in [1.29, 1.82) is 0 Å². The Balaban J connectivity index is 1.72. The van der Waals surface area contributed by atoms with Gasteiger partial charge in [0.1, 0.15) is 0 Å². The van der Waals surface area contributed by atoms with Crippen molar-refractivity contribution in [3.05, 3.63) is 24.3 Å². The summed E-state index contributed by atoms with van der Waals surface area (Å²) in [5.41, 5.74) is 0. The second kappa shape index (κ2) is 10.7. The minimum absolute atomic E-state index is 0.286. The number of aliphatic carboxylic acids is 1. The molecular formula is C21H34O3. The van der Waals surface area contributed by atoms with Crippen molar-refractivity contribution in [3.8, 4) is 0 Å². The van der Waals surface area contributed by atoms with Crippen LogP contribution in [0, 0.1) is 11.8 Å². The van der Waals surface area contributed by atoms with Crippen LogP contribution in [-0.4, -0.2) is 23.3 Å². The van der Waals surface area contributed by atoms with E-state index in [1.54, 1.807) is 0 Å². The normalized spacial score (nSPS) is 29.2. The highest BCUT2D eigenvalue weighted by Gasteiger charge is 2.46. The monoisotopic (exact) mass is 334 g/mol. The molecule has 0 saturated carbocycles. The Labute approximate surface area is 147 Å². The number of carboxylic acids is 1. The maximum absolute atomic E-state index is 10.5. The van der Waals surface area contributed by atoms with E-state index in [2.05, 4.69) is 31.2 Å². The summed E-state index contributed by atoms with van der Waals surface area (Å²) in [5, 5.41) is 8.66. The average molecular weight is 335 g/mol. The molecule has 2 aliphatic heterocycles. The Bertz CT molecular complexity index is 427. The zero-order valence-electron chi connectivity index (χ0n) is 15.2. The predicted octanol–water partition coefficient (Wildman–Crippen LogP) is 5.51. The highest BCUT2D eigenvalue weighted by atomic mass is 16.5. The smallest absolute Gasteiger partial charge is 0.303 e. The van der Waals surface area contributed by atoms with Crippen molar-refractivity contribution in [2.75, 3.05) is 0 Å². The van der Waals surface area contributed by atoms with E-state index in [0.717, 1.165) is 19.3 Å². The van der Waals surface area contributed by atoms with E-state index in [4.69, 9.17) is 9.84 Å². The van der Waals surface area contributed by atoms with Gasteiger partial charge in [-0.1, -0.05) is 50.5 Å². The van der Waals surface area contributed by atoms with Gasteiger partial charge in [0, 0.05) is 18.3 Å². The number of allylic oxidation sites excluding steroid dienone is 2. The second-order valence-electron chi connectivity index (χ2n) is 7.29. The summed E-state index contributed by atoms with van der Waals surface area (Å²) < 4.78 is 6.12. The first-order chi connectivity index (χ1) is 11.7. The van der Waals surface area contributed by atoms with Gasteiger partial charge in [0.2, 0.25) is 0 Å². The molecule has 0 amide bonds. The number of fused-ring (bicyclic) bond motifs is 2. The third-order valence-corrected chi connectivity index (χ3v) is 5.34. The van der Waals surface area contributed by atoms with Crippen LogP contribution in [0.5, 0.6) is 0 Å². The summed E-state index contributed by atoms with van der Waals surface area (Å²) in [6.45, 7) is 2.25. The van der Waals surface area contributed by atoms with Crippen LogP contribution in [0.1, 0.15) is 77.6 Å². The quantitative estimate of drug-likeness (QED) is 0.378. The van der Waals surface area contributed by atoms with Gasteiger partial charge in [-0.05, 0) is 44.9 Å². The number of hydrogen-bond donors (Lipinski definition) is 1. The molecule has 2 rings (SSSR count). The Kier molecular flexibility index (Phi) is 8.58. The number of hydrogen-bond acceptors (Lipinski definition) is 2. The first-order valence-electron chi connectivity index (χ1n) is 9.93. The number of ether oxygens (including phenoxy) is 1. The molecule has 2 aliphatic rings. The summed E-state index contributed by atoms with van der Waals surface area (Å²) in [5.74, 6) is 0.380. The van der Waals surface area contributed by atoms with Crippen molar-refractivity contribution in [1.82, 2.24) is 0 Å². The molecule has 0 aromatic rings. The molecule has 0 unspecified atom stereocenters. The molecule has 4 atom stereocenters. The molecule has 2 fully saturated rings. The van der Waals surface area contributed by atoms with Gasteiger partial charge in [0.05, 0.1) is 12.2 Å². The fraction of sp³-hybridized carbons (Fsp3) is 0.762. The minimum atomic E-state index is -0.690. The molecule has 0 radical (unpaired) electrons. The summed E-state index contributed by atoms with van der Waals surface area (Å²) in [4.78, 5) is 10.5. The summed E-state index contributed by atoms with van der Waals surface area (Å²) in [6, 6.07) is 0. The standard InChI is InChI=1S/C21H34O3/c1-2-3-4-5-6-9-12-17-18(20-16-15-19(17)24-20)13-10-7-8-11-14-21(22)23/h9-10,12-13,17-20H,2-8,11,14-16H2,1H3,(H,22,23)/t17-,18+,19-,20+/m0/s1. The Morgan fingerprint density at radius 3 is 2.08 bits per heavy atom. The van der Waals surface area contributed by atoms with E-state index in [0.29, 0.717) is 24.0 Å². The lowest BCUT2D eigenvalue weighted by molar-refractivity contribution is -0.137. The number of carbonyl (C=O) groups is 1. The summed E-state index contributed by atoms with van der Waals surface area (Å²) >= 11 is 0. The molecule has 2 bridgehead atoms. The summed E-state index contributed by atoms with van der Waals surface area (Å²) in [6.07, 6.45) is 22.1. The van der Waals surface area contributed by atoms with Crippen molar-refractivity contribution < 1.29 is 14.6 Å². The maximum atomic E-state index is 10.5. The number of carboxylic acid groups (broad SMARTS) is 1. The average Bonchev–Trinajstić information content (AvgIpc) is 3.15. The fourth-order valence-electron chi connectivity index (χ4n) is 3.99. The lowest BCUT2D eigenvalue weighted by atomic mass is 9.78. The van der Waals surface area contributed by atoms with Gasteiger partial charge in [-0.2, -0.15) is 0 Å².